The van der Waals surface area contributed by atoms with Crippen molar-refractivity contribution in [2.24, 2.45) is 11.3 Å². The number of likely N-dealkylation sites (tertiary alicyclic amines) is 1. The lowest BCUT2D eigenvalue weighted by molar-refractivity contribution is -0.144. The third-order valence-corrected chi connectivity index (χ3v) is 7.02. The molecule has 3 atom stereocenters. The second kappa shape index (κ2) is 15.9. The number of carbonyl (C=O) groups is 2. The summed E-state index contributed by atoms with van der Waals surface area (Å²) >= 11 is 1.61. The van der Waals surface area contributed by atoms with Crippen LogP contribution >= 0.6 is 11.3 Å². The quantitative estimate of drug-likeness (QED) is 0.440. The van der Waals surface area contributed by atoms with Crippen LogP contribution in [0.2, 0.25) is 0 Å². The highest BCUT2D eigenvalue weighted by Gasteiger charge is 2.43. The van der Waals surface area contributed by atoms with E-state index < -0.39 is 12.1 Å². The van der Waals surface area contributed by atoms with E-state index in [4.69, 9.17) is 0 Å². The van der Waals surface area contributed by atoms with E-state index in [0.717, 1.165) is 21.7 Å². The van der Waals surface area contributed by atoms with Gasteiger partial charge in [-0.1, -0.05) is 92.5 Å². The van der Waals surface area contributed by atoms with Gasteiger partial charge in [-0.15, -0.1) is 11.3 Å². The highest BCUT2D eigenvalue weighted by molar-refractivity contribution is 7.13. The SMILES string of the molecule is CCC.CCC.CC[C@@H](C(=O)N1C[C@@H](O)C[C@@H]1C(=O)NCc1ccc(-c2scnc2C)cc1)C(C)(C)C. The van der Waals surface area contributed by atoms with Crippen molar-refractivity contribution in [3.63, 3.8) is 0 Å². The van der Waals surface area contributed by atoms with E-state index in [1.54, 1.807) is 16.2 Å². The van der Waals surface area contributed by atoms with E-state index in [1.165, 1.54) is 12.8 Å². The molecule has 1 aromatic carbocycles. The van der Waals surface area contributed by atoms with Gasteiger partial charge in [0.05, 0.1) is 22.2 Å². The molecule has 0 radical (unpaired) electrons. The summed E-state index contributed by atoms with van der Waals surface area (Å²) in [6.07, 6.45) is 2.82. The van der Waals surface area contributed by atoms with Crippen molar-refractivity contribution in [3.8, 4) is 10.4 Å². The van der Waals surface area contributed by atoms with E-state index >= 15 is 0 Å². The molecule has 6 nitrogen and oxygen atoms in total. The number of carbonyl (C=O) groups excluding carboxylic acids is 2. The number of benzene rings is 1. The Morgan fingerprint density at radius 3 is 2.14 bits per heavy atom. The van der Waals surface area contributed by atoms with E-state index in [9.17, 15) is 14.7 Å². The Morgan fingerprint density at radius 1 is 1.11 bits per heavy atom. The molecule has 2 amide bonds. The summed E-state index contributed by atoms with van der Waals surface area (Å²) in [7, 11) is 0. The maximum absolute atomic E-state index is 13.2. The predicted octanol–water partition coefficient (Wildman–Crippen LogP) is 6.60. The Hall–Kier alpha value is -2.25. The van der Waals surface area contributed by atoms with Crippen molar-refractivity contribution in [1.82, 2.24) is 15.2 Å². The number of thiazole rings is 1. The molecule has 1 fully saturated rings. The zero-order chi connectivity index (χ0) is 28.2. The van der Waals surface area contributed by atoms with Crippen molar-refractivity contribution < 1.29 is 14.7 Å². The fourth-order valence-electron chi connectivity index (χ4n) is 4.32. The minimum absolute atomic E-state index is 0.0454. The molecule has 0 unspecified atom stereocenters. The van der Waals surface area contributed by atoms with Crippen LogP contribution in [0.4, 0.5) is 0 Å². The van der Waals surface area contributed by atoms with Crippen LogP contribution in [0, 0.1) is 18.3 Å². The van der Waals surface area contributed by atoms with Crippen LogP contribution in [0.5, 0.6) is 0 Å². The van der Waals surface area contributed by atoms with E-state index in [1.807, 2.05) is 64.4 Å². The first-order valence-corrected chi connectivity index (χ1v) is 14.6. The van der Waals surface area contributed by atoms with Crippen molar-refractivity contribution in [1.29, 1.82) is 0 Å². The summed E-state index contributed by atoms with van der Waals surface area (Å²) < 4.78 is 0. The average molecular weight is 532 g/mol. The van der Waals surface area contributed by atoms with Crippen LogP contribution in [0.1, 0.15) is 92.3 Å². The van der Waals surface area contributed by atoms with Gasteiger partial charge in [0.2, 0.25) is 11.8 Å². The molecule has 1 aliphatic heterocycles. The topological polar surface area (TPSA) is 82.5 Å². The fraction of sp³-hybridized carbons (Fsp3) is 0.633. The molecule has 0 aliphatic carbocycles. The number of aliphatic hydroxyl groups is 1. The largest absolute Gasteiger partial charge is 0.391 e. The molecule has 1 aliphatic rings. The third-order valence-electron chi connectivity index (χ3n) is 6.04. The van der Waals surface area contributed by atoms with E-state index in [2.05, 4.69) is 38.0 Å². The lowest BCUT2D eigenvalue weighted by atomic mass is 9.78. The number of hydrogen-bond acceptors (Lipinski definition) is 5. The Kier molecular flexibility index (Phi) is 14.1. The monoisotopic (exact) mass is 531 g/mol. The molecular weight excluding hydrogens is 482 g/mol. The van der Waals surface area contributed by atoms with Crippen molar-refractivity contribution in [2.75, 3.05) is 6.54 Å². The second-order valence-corrected chi connectivity index (χ2v) is 11.7. The summed E-state index contributed by atoms with van der Waals surface area (Å²) in [5.74, 6) is -0.442. The lowest BCUT2D eigenvalue weighted by Crippen LogP contribution is -2.49. The molecule has 3 rings (SSSR count). The first-order valence-electron chi connectivity index (χ1n) is 13.7. The van der Waals surface area contributed by atoms with Gasteiger partial charge in [-0.3, -0.25) is 9.59 Å². The maximum Gasteiger partial charge on any atom is 0.243 e. The molecule has 2 heterocycles. The summed E-state index contributed by atoms with van der Waals surface area (Å²) in [5, 5.41) is 13.1. The number of rotatable bonds is 6. The smallest absolute Gasteiger partial charge is 0.243 e. The molecule has 1 aromatic heterocycles. The lowest BCUT2D eigenvalue weighted by Gasteiger charge is -2.34. The zero-order valence-corrected chi connectivity index (χ0v) is 25.2. The Balaban J connectivity index is 0.00000104. The number of nitrogens with zero attached hydrogens (tertiary/aromatic N) is 2. The molecule has 37 heavy (non-hydrogen) atoms. The first kappa shape index (κ1) is 32.8. The number of aliphatic hydroxyl groups excluding tert-OH is 1. The first-order chi connectivity index (χ1) is 17.4. The number of β-amino-alcohol motifs (C(OH)–C–C–N with tert-alkyl or cyclic N) is 1. The Bertz CT molecular complexity index is 948. The van der Waals surface area contributed by atoms with E-state index in [0.29, 0.717) is 13.0 Å². The molecule has 1 saturated heterocycles. The van der Waals surface area contributed by atoms with Crippen molar-refractivity contribution in [3.05, 3.63) is 41.0 Å². The Labute approximate surface area is 228 Å². The number of nitrogens with one attached hydrogen (secondary N) is 1. The van der Waals surface area contributed by atoms with Crippen LogP contribution in [-0.2, 0) is 16.1 Å². The summed E-state index contributed by atoms with van der Waals surface area (Å²) in [6, 6.07) is 7.43. The number of aryl methyl sites for hydroxylation is 1. The van der Waals surface area contributed by atoms with Gasteiger partial charge < -0.3 is 15.3 Å². The van der Waals surface area contributed by atoms with Gasteiger partial charge in [-0.25, -0.2) is 4.98 Å². The van der Waals surface area contributed by atoms with Gasteiger partial charge in [0.15, 0.2) is 0 Å². The molecule has 0 saturated carbocycles. The highest BCUT2D eigenvalue weighted by Crippen LogP contribution is 2.33. The molecule has 7 heteroatoms. The predicted molar refractivity (Wildman–Crippen MR) is 155 cm³/mol. The highest BCUT2D eigenvalue weighted by atomic mass is 32.1. The minimum atomic E-state index is -0.667. The van der Waals surface area contributed by atoms with Gasteiger partial charge in [0.25, 0.3) is 0 Å². The fourth-order valence-corrected chi connectivity index (χ4v) is 5.14. The second-order valence-electron chi connectivity index (χ2n) is 10.8. The normalized spacial score (nSPS) is 17.7. The molecule has 2 N–H and O–H groups in total. The van der Waals surface area contributed by atoms with Crippen LogP contribution in [0.3, 0.4) is 0 Å². The van der Waals surface area contributed by atoms with Crippen molar-refractivity contribution in [2.45, 2.75) is 107 Å². The molecule has 0 bridgehead atoms. The number of hydrogen-bond donors (Lipinski definition) is 2. The summed E-state index contributed by atoms with van der Waals surface area (Å²) in [6.45, 7) is 19.2. The molecular formula is C30H49N3O3S. The van der Waals surface area contributed by atoms with Gasteiger partial charge in [0.1, 0.15) is 6.04 Å². The van der Waals surface area contributed by atoms with Crippen LogP contribution in [-0.4, -0.2) is 45.5 Å². The number of aromatic nitrogens is 1. The molecule has 2 aromatic rings. The maximum atomic E-state index is 13.2. The van der Waals surface area contributed by atoms with Gasteiger partial charge in [-0.05, 0) is 29.9 Å². The van der Waals surface area contributed by atoms with Crippen LogP contribution in [0.25, 0.3) is 10.4 Å². The minimum Gasteiger partial charge on any atom is -0.391 e. The Morgan fingerprint density at radius 2 is 1.68 bits per heavy atom. The third kappa shape index (κ3) is 9.86. The van der Waals surface area contributed by atoms with E-state index in [-0.39, 0.29) is 36.1 Å². The van der Waals surface area contributed by atoms with Gasteiger partial charge in [-0.2, -0.15) is 0 Å². The summed E-state index contributed by atoms with van der Waals surface area (Å²) in [4.78, 5) is 33.1. The summed E-state index contributed by atoms with van der Waals surface area (Å²) in [5.41, 5.74) is 4.75. The van der Waals surface area contributed by atoms with Crippen LogP contribution < -0.4 is 5.32 Å². The van der Waals surface area contributed by atoms with Crippen molar-refractivity contribution >= 4 is 23.2 Å². The zero-order valence-electron chi connectivity index (χ0n) is 24.4. The molecule has 0 spiro atoms. The average Bonchev–Trinajstić information content (AvgIpc) is 3.44. The van der Waals surface area contributed by atoms with Gasteiger partial charge in [0, 0.05) is 25.4 Å². The molecule has 208 valence electrons. The standard InChI is InChI=1S/C24H33N3O3S.2C3H8/c1-6-19(24(3,4)5)23(30)27-13-18(28)11-20(27)22(29)25-12-16-7-9-17(10-8-16)21-15(2)26-14-31-21;2*1-3-2/h7-10,14,18-20,28H,6,11-13H2,1-5H3,(H,25,29);2*3H2,1-2H3/t18-,19-,20+;;/m0../s1. The number of amides is 2. The van der Waals surface area contributed by atoms with Crippen LogP contribution in [0.15, 0.2) is 29.8 Å². The van der Waals surface area contributed by atoms with Gasteiger partial charge >= 0.3 is 0 Å².